The molecule has 0 saturated carbocycles. The molecular formula is C13H23N3O. The summed E-state index contributed by atoms with van der Waals surface area (Å²) in [5.41, 5.74) is 0.369. The fourth-order valence-electron chi connectivity index (χ4n) is 1.89. The number of carbonyl (C=O) groups excluding carboxylic acids is 1. The summed E-state index contributed by atoms with van der Waals surface area (Å²) in [6, 6.07) is 1.92. The highest BCUT2D eigenvalue weighted by Gasteiger charge is 2.21. The van der Waals surface area contributed by atoms with Crippen LogP contribution in [0.5, 0.6) is 0 Å². The van der Waals surface area contributed by atoms with E-state index < -0.39 is 0 Å². The Balaban J connectivity index is 2.27. The van der Waals surface area contributed by atoms with E-state index in [0.717, 1.165) is 32.7 Å². The van der Waals surface area contributed by atoms with Gasteiger partial charge >= 0.3 is 0 Å². The first-order chi connectivity index (χ1) is 7.92. The average Bonchev–Trinajstić information content (AvgIpc) is 2.26. The fraction of sp³-hybridized carbons (Fsp3) is 0.846. The highest BCUT2D eigenvalue weighted by molar-refractivity contribution is 5.78. The molecule has 1 heterocycles. The molecule has 4 nitrogen and oxygen atoms in total. The van der Waals surface area contributed by atoms with Crippen molar-refractivity contribution in [2.75, 3.05) is 32.7 Å². The molecule has 1 aliphatic heterocycles. The van der Waals surface area contributed by atoms with E-state index in [9.17, 15) is 4.79 Å². The number of piperazine rings is 1. The summed E-state index contributed by atoms with van der Waals surface area (Å²) in [5.74, 6) is -0.0250. The first-order valence-electron chi connectivity index (χ1n) is 6.29. The van der Waals surface area contributed by atoms with Crippen molar-refractivity contribution in [2.45, 2.75) is 33.6 Å². The SMILES string of the molecule is CC(C)(C)CCN1CCN(C(=O)CC#N)CC1. The van der Waals surface area contributed by atoms with Gasteiger partial charge in [-0.1, -0.05) is 20.8 Å². The zero-order valence-corrected chi connectivity index (χ0v) is 11.2. The Labute approximate surface area is 104 Å². The van der Waals surface area contributed by atoms with Gasteiger partial charge in [0.05, 0.1) is 6.07 Å². The zero-order chi connectivity index (χ0) is 12.9. The molecule has 1 amide bonds. The van der Waals surface area contributed by atoms with Crippen LogP contribution >= 0.6 is 0 Å². The van der Waals surface area contributed by atoms with E-state index in [1.807, 2.05) is 6.07 Å². The van der Waals surface area contributed by atoms with Crippen LogP contribution in [0.3, 0.4) is 0 Å². The van der Waals surface area contributed by atoms with Crippen LogP contribution < -0.4 is 0 Å². The average molecular weight is 237 g/mol. The molecule has 1 aliphatic rings. The number of carbonyl (C=O) groups is 1. The molecule has 0 radical (unpaired) electrons. The summed E-state index contributed by atoms with van der Waals surface area (Å²) in [7, 11) is 0. The molecule has 96 valence electrons. The summed E-state index contributed by atoms with van der Waals surface area (Å²) >= 11 is 0. The highest BCUT2D eigenvalue weighted by atomic mass is 16.2. The summed E-state index contributed by atoms with van der Waals surface area (Å²) in [6.07, 6.45) is 1.20. The molecule has 0 atom stereocenters. The van der Waals surface area contributed by atoms with Crippen molar-refractivity contribution in [1.82, 2.24) is 9.80 Å². The first kappa shape index (κ1) is 14.0. The van der Waals surface area contributed by atoms with Gasteiger partial charge in [-0.3, -0.25) is 9.69 Å². The summed E-state index contributed by atoms with van der Waals surface area (Å²) in [4.78, 5) is 15.7. The first-order valence-corrected chi connectivity index (χ1v) is 6.29. The van der Waals surface area contributed by atoms with Crippen LogP contribution in [0.4, 0.5) is 0 Å². The topological polar surface area (TPSA) is 47.3 Å². The third-order valence-electron chi connectivity index (χ3n) is 3.13. The van der Waals surface area contributed by atoms with Crippen molar-refractivity contribution in [3.05, 3.63) is 0 Å². The maximum atomic E-state index is 11.5. The number of rotatable bonds is 3. The summed E-state index contributed by atoms with van der Waals surface area (Å²) in [5, 5.41) is 8.49. The molecule has 0 aromatic carbocycles. The van der Waals surface area contributed by atoms with E-state index in [1.54, 1.807) is 4.90 Å². The van der Waals surface area contributed by atoms with E-state index in [0.29, 0.717) is 5.41 Å². The van der Waals surface area contributed by atoms with Crippen molar-refractivity contribution in [3.8, 4) is 6.07 Å². The van der Waals surface area contributed by atoms with Gasteiger partial charge in [-0.25, -0.2) is 0 Å². The van der Waals surface area contributed by atoms with Crippen molar-refractivity contribution in [1.29, 1.82) is 5.26 Å². The standard InChI is InChI=1S/C13H23N3O/c1-13(2,3)5-7-15-8-10-16(11-9-15)12(17)4-6-14/h4-5,7-11H2,1-3H3. The van der Waals surface area contributed by atoms with Crippen molar-refractivity contribution in [3.63, 3.8) is 0 Å². The smallest absolute Gasteiger partial charge is 0.236 e. The van der Waals surface area contributed by atoms with Crippen molar-refractivity contribution >= 4 is 5.91 Å². The molecule has 1 fully saturated rings. The lowest BCUT2D eigenvalue weighted by Crippen LogP contribution is -2.49. The number of hydrogen-bond donors (Lipinski definition) is 0. The van der Waals surface area contributed by atoms with Gasteiger partial charge in [-0.15, -0.1) is 0 Å². The third-order valence-corrected chi connectivity index (χ3v) is 3.13. The van der Waals surface area contributed by atoms with Crippen molar-refractivity contribution < 1.29 is 4.79 Å². The quantitative estimate of drug-likeness (QED) is 0.747. The second-order valence-electron chi connectivity index (χ2n) is 5.87. The molecule has 0 aromatic rings. The van der Waals surface area contributed by atoms with E-state index in [-0.39, 0.29) is 12.3 Å². The fourth-order valence-corrected chi connectivity index (χ4v) is 1.89. The van der Waals surface area contributed by atoms with Crippen LogP contribution in [-0.2, 0) is 4.79 Å². The molecule has 0 N–H and O–H groups in total. The lowest BCUT2D eigenvalue weighted by atomic mass is 9.92. The largest absolute Gasteiger partial charge is 0.339 e. The van der Waals surface area contributed by atoms with E-state index in [2.05, 4.69) is 25.7 Å². The molecule has 0 unspecified atom stereocenters. The van der Waals surface area contributed by atoms with E-state index in [1.165, 1.54) is 6.42 Å². The van der Waals surface area contributed by atoms with Gasteiger partial charge < -0.3 is 4.90 Å². The Kier molecular flexibility index (Phi) is 4.95. The lowest BCUT2D eigenvalue weighted by molar-refractivity contribution is -0.131. The van der Waals surface area contributed by atoms with Gasteiger partial charge in [0, 0.05) is 26.2 Å². The molecule has 0 aromatic heterocycles. The maximum Gasteiger partial charge on any atom is 0.236 e. The Hall–Kier alpha value is -1.08. The minimum absolute atomic E-state index is 0.0159. The Morgan fingerprint density at radius 3 is 2.29 bits per heavy atom. The van der Waals surface area contributed by atoms with E-state index >= 15 is 0 Å². The summed E-state index contributed by atoms with van der Waals surface area (Å²) in [6.45, 7) is 11.3. The number of hydrogen-bond acceptors (Lipinski definition) is 3. The van der Waals surface area contributed by atoms with Crippen molar-refractivity contribution in [2.24, 2.45) is 5.41 Å². The predicted molar refractivity (Wildman–Crippen MR) is 67.3 cm³/mol. The second-order valence-corrected chi connectivity index (χ2v) is 5.87. The van der Waals surface area contributed by atoms with Crippen LogP contribution in [0.25, 0.3) is 0 Å². The van der Waals surface area contributed by atoms with Gasteiger partial charge in [-0.2, -0.15) is 5.26 Å². The molecule has 0 aliphatic carbocycles. The molecule has 1 saturated heterocycles. The Morgan fingerprint density at radius 1 is 1.24 bits per heavy atom. The Morgan fingerprint density at radius 2 is 1.82 bits per heavy atom. The predicted octanol–water partition coefficient (Wildman–Crippen LogP) is 1.48. The van der Waals surface area contributed by atoms with Gasteiger partial charge in [0.15, 0.2) is 0 Å². The highest BCUT2D eigenvalue weighted by Crippen LogP contribution is 2.19. The molecule has 17 heavy (non-hydrogen) atoms. The van der Waals surface area contributed by atoms with Gasteiger partial charge in [0.25, 0.3) is 0 Å². The monoisotopic (exact) mass is 237 g/mol. The summed E-state index contributed by atoms with van der Waals surface area (Å²) < 4.78 is 0. The minimum Gasteiger partial charge on any atom is -0.339 e. The third kappa shape index (κ3) is 5.18. The van der Waals surface area contributed by atoms with Crippen LogP contribution in [0.1, 0.15) is 33.6 Å². The van der Waals surface area contributed by atoms with Crippen LogP contribution in [0, 0.1) is 16.7 Å². The van der Waals surface area contributed by atoms with Gasteiger partial charge in [-0.05, 0) is 18.4 Å². The van der Waals surface area contributed by atoms with Gasteiger partial charge in [0.2, 0.25) is 5.91 Å². The number of nitrogens with zero attached hydrogens (tertiary/aromatic N) is 3. The zero-order valence-electron chi connectivity index (χ0n) is 11.2. The molecule has 4 heteroatoms. The minimum atomic E-state index is -0.0250. The van der Waals surface area contributed by atoms with Gasteiger partial charge in [0.1, 0.15) is 6.42 Å². The van der Waals surface area contributed by atoms with Crippen LogP contribution in [0.2, 0.25) is 0 Å². The molecule has 1 rings (SSSR count). The molecular weight excluding hydrogens is 214 g/mol. The normalized spacial score (nSPS) is 17.9. The maximum absolute atomic E-state index is 11.5. The lowest BCUT2D eigenvalue weighted by Gasteiger charge is -2.35. The van der Waals surface area contributed by atoms with Crippen LogP contribution in [-0.4, -0.2) is 48.4 Å². The number of nitriles is 1. The van der Waals surface area contributed by atoms with Crippen LogP contribution in [0.15, 0.2) is 0 Å². The second kappa shape index (κ2) is 6.02. The molecule has 0 spiro atoms. The number of amides is 1. The van der Waals surface area contributed by atoms with E-state index in [4.69, 9.17) is 5.26 Å². The Bertz CT molecular complexity index is 293. The molecule has 0 bridgehead atoms.